The minimum Gasteiger partial charge on any atom is -0.497 e. The predicted octanol–water partition coefficient (Wildman–Crippen LogP) is 2.85. The molecule has 1 aromatic carbocycles. The standard InChI is InChI=1S/C12H13NO2S/c1-14-9-3-4-11(10(7-9)15-2)16-12(8-13)5-6-12/h3-4,7H,5-6H2,1-2H3. The van der Waals surface area contributed by atoms with Crippen molar-refractivity contribution in [3.05, 3.63) is 18.2 Å². The van der Waals surface area contributed by atoms with Crippen molar-refractivity contribution in [2.75, 3.05) is 14.2 Å². The van der Waals surface area contributed by atoms with Gasteiger partial charge in [-0.05, 0) is 25.0 Å². The van der Waals surface area contributed by atoms with Crippen LogP contribution in [0.2, 0.25) is 0 Å². The first kappa shape index (κ1) is 11.2. The van der Waals surface area contributed by atoms with E-state index in [1.807, 2.05) is 18.2 Å². The van der Waals surface area contributed by atoms with Crippen LogP contribution in [0.3, 0.4) is 0 Å². The molecule has 0 radical (unpaired) electrons. The van der Waals surface area contributed by atoms with Gasteiger partial charge in [-0.15, -0.1) is 0 Å². The van der Waals surface area contributed by atoms with Gasteiger partial charge in [0.25, 0.3) is 0 Å². The second kappa shape index (κ2) is 4.26. The minimum atomic E-state index is -0.220. The molecule has 0 amide bonds. The number of ether oxygens (including phenoxy) is 2. The van der Waals surface area contributed by atoms with Gasteiger partial charge < -0.3 is 9.47 Å². The Hall–Kier alpha value is -1.34. The van der Waals surface area contributed by atoms with E-state index in [1.54, 1.807) is 26.0 Å². The van der Waals surface area contributed by atoms with Crippen LogP contribution in [0.5, 0.6) is 11.5 Å². The molecule has 84 valence electrons. The first-order chi connectivity index (χ1) is 7.73. The number of nitriles is 1. The van der Waals surface area contributed by atoms with E-state index in [9.17, 15) is 0 Å². The first-order valence-corrected chi connectivity index (χ1v) is 5.87. The van der Waals surface area contributed by atoms with Crippen LogP contribution < -0.4 is 9.47 Å². The van der Waals surface area contributed by atoms with Crippen LogP contribution in [0.1, 0.15) is 12.8 Å². The summed E-state index contributed by atoms with van der Waals surface area (Å²) in [5.41, 5.74) is 0. The molecule has 2 rings (SSSR count). The van der Waals surface area contributed by atoms with Gasteiger partial charge in [0.2, 0.25) is 0 Å². The third-order valence-electron chi connectivity index (χ3n) is 2.58. The summed E-state index contributed by atoms with van der Waals surface area (Å²) in [7, 11) is 3.25. The number of rotatable bonds is 4. The first-order valence-electron chi connectivity index (χ1n) is 5.05. The normalized spacial score (nSPS) is 16.3. The summed E-state index contributed by atoms with van der Waals surface area (Å²) in [5, 5.41) is 9.05. The molecule has 1 saturated carbocycles. The highest BCUT2D eigenvalue weighted by atomic mass is 32.2. The van der Waals surface area contributed by atoms with E-state index in [0.717, 1.165) is 29.2 Å². The molecule has 4 heteroatoms. The molecule has 16 heavy (non-hydrogen) atoms. The fourth-order valence-electron chi connectivity index (χ4n) is 1.42. The highest BCUT2D eigenvalue weighted by Gasteiger charge is 2.44. The Balaban J connectivity index is 2.24. The molecule has 0 N–H and O–H groups in total. The highest BCUT2D eigenvalue weighted by molar-refractivity contribution is 8.01. The zero-order chi connectivity index (χ0) is 11.6. The molecule has 0 bridgehead atoms. The van der Waals surface area contributed by atoms with Gasteiger partial charge in [0.15, 0.2) is 0 Å². The van der Waals surface area contributed by atoms with Crippen molar-refractivity contribution in [2.45, 2.75) is 22.5 Å². The molecule has 1 aliphatic rings. The summed E-state index contributed by atoms with van der Waals surface area (Å²) in [6.07, 6.45) is 1.92. The molecule has 1 fully saturated rings. The van der Waals surface area contributed by atoms with Crippen molar-refractivity contribution >= 4 is 11.8 Å². The largest absolute Gasteiger partial charge is 0.497 e. The summed E-state index contributed by atoms with van der Waals surface area (Å²) in [6, 6.07) is 8.03. The fraction of sp³-hybridized carbons (Fsp3) is 0.417. The molecule has 0 atom stereocenters. The molecule has 0 aliphatic heterocycles. The van der Waals surface area contributed by atoms with E-state index in [0.29, 0.717) is 0 Å². The summed E-state index contributed by atoms with van der Waals surface area (Å²) < 4.78 is 10.2. The predicted molar refractivity (Wildman–Crippen MR) is 63.0 cm³/mol. The Labute approximate surface area is 99.4 Å². The van der Waals surface area contributed by atoms with E-state index in [4.69, 9.17) is 14.7 Å². The topological polar surface area (TPSA) is 42.2 Å². The summed E-state index contributed by atoms with van der Waals surface area (Å²) in [5.74, 6) is 1.54. The van der Waals surface area contributed by atoms with Gasteiger partial charge in [-0.3, -0.25) is 0 Å². The Bertz CT molecular complexity index is 435. The molecule has 1 aromatic rings. The SMILES string of the molecule is COc1ccc(SC2(C#N)CC2)c(OC)c1. The molecule has 0 unspecified atom stereocenters. The maximum Gasteiger partial charge on any atom is 0.136 e. The van der Waals surface area contributed by atoms with Crippen molar-refractivity contribution in [2.24, 2.45) is 0 Å². The number of benzene rings is 1. The second-order valence-corrected chi connectivity index (χ2v) is 5.15. The number of methoxy groups -OCH3 is 2. The van der Waals surface area contributed by atoms with E-state index in [-0.39, 0.29) is 4.75 Å². The monoisotopic (exact) mass is 235 g/mol. The van der Waals surface area contributed by atoms with Crippen LogP contribution in [0.4, 0.5) is 0 Å². The lowest BCUT2D eigenvalue weighted by atomic mass is 10.3. The molecule has 0 saturated heterocycles. The van der Waals surface area contributed by atoms with Crippen LogP contribution >= 0.6 is 11.8 Å². The van der Waals surface area contributed by atoms with Crippen molar-refractivity contribution in [1.29, 1.82) is 5.26 Å². The summed E-state index contributed by atoms with van der Waals surface area (Å²) in [6.45, 7) is 0. The molecule has 1 aliphatic carbocycles. The zero-order valence-corrected chi connectivity index (χ0v) is 10.1. The molecule has 0 heterocycles. The average Bonchev–Trinajstić information content (AvgIpc) is 3.10. The van der Waals surface area contributed by atoms with Crippen molar-refractivity contribution in [3.63, 3.8) is 0 Å². The van der Waals surface area contributed by atoms with Gasteiger partial charge in [-0.1, -0.05) is 11.8 Å². The van der Waals surface area contributed by atoms with Gasteiger partial charge in [0, 0.05) is 6.07 Å². The quantitative estimate of drug-likeness (QED) is 0.804. The highest BCUT2D eigenvalue weighted by Crippen LogP contribution is 2.53. The van der Waals surface area contributed by atoms with E-state index < -0.39 is 0 Å². The van der Waals surface area contributed by atoms with Gasteiger partial charge in [-0.2, -0.15) is 5.26 Å². The maximum absolute atomic E-state index is 9.05. The van der Waals surface area contributed by atoms with Crippen LogP contribution in [-0.4, -0.2) is 19.0 Å². The maximum atomic E-state index is 9.05. The third-order valence-corrected chi connectivity index (χ3v) is 4.03. The Morgan fingerprint density at radius 3 is 2.56 bits per heavy atom. The zero-order valence-electron chi connectivity index (χ0n) is 9.32. The lowest BCUT2D eigenvalue weighted by Gasteiger charge is -2.11. The van der Waals surface area contributed by atoms with Crippen molar-refractivity contribution in [1.82, 2.24) is 0 Å². The van der Waals surface area contributed by atoms with E-state index >= 15 is 0 Å². The molecular weight excluding hydrogens is 222 g/mol. The van der Waals surface area contributed by atoms with Crippen LogP contribution in [-0.2, 0) is 0 Å². The van der Waals surface area contributed by atoms with Gasteiger partial charge in [0.1, 0.15) is 16.2 Å². The van der Waals surface area contributed by atoms with E-state index in [2.05, 4.69) is 6.07 Å². The number of nitrogens with zero attached hydrogens (tertiary/aromatic N) is 1. The number of hydrogen-bond donors (Lipinski definition) is 0. The summed E-state index contributed by atoms with van der Waals surface area (Å²) in [4.78, 5) is 1.00. The molecular formula is C12H13NO2S. The van der Waals surface area contributed by atoms with Crippen molar-refractivity contribution in [3.8, 4) is 17.6 Å². The Kier molecular flexibility index (Phi) is 2.97. The second-order valence-electron chi connectivity index (χ2n) is 3.72. The Morgan fingerprint density at radius 2 is 2.06 bits per heavy atom. The number of hydrogen-bond acceptors (Lipinski definition) is 4. The molecule has 0 spiro atoms. The van der Waals surface area contributed by atoms with Gasteiger partial charge in [-0.25, -0.2) is 0 Å². The third kappa shape index (κ3) is 2.10. The molecule has 3 nitrogen and oxygen atoms in total. The smallest absolute Gasteiger partial charge is 0.136 e. The lowest BCUT2D eigenvalue weighted by molar-refractivity contribution is 0.387. The van der Waals surface area contributed by atoms with Crippen LogP contribution in [0.25, 0.3) is 0 Å². The van der Waals surface area contributed by atoms with Crippen LogP contribution in [0.15, 0.2) is 23.1 Å². The fourth-order valence-corrected chi connectivity index (χ4v) is 2.57. The molecule has 0 aromatic heterocycles. The minimum absolute atomic E-state index is 0.220. The lowest BCUT2D eigenvalue weighted by Crippen LogP contribution is -1.98. The van der Waals surface area contributed by atoms with Gasteiger partial charge in [0.05, 0.1) is 25.2 Å². The van der Waals surface area contributed by atoms with Gasteiger partial charge >= 0.3 is 0 Å². The van der Waals surface area contributed by atoms with Crippen molar-refractivity contribution < 1.29 is 9.47 Å². The number of thioether (sulfide) groups is 1. The van der Waals surface area contributed by atoms with Crippen LogP contribution in [0, 0.1) is 11.3 Å². The van der Waals surface area contributed by atoms with E-state index in [1.165, 1.54) is 0 Å². The average molecular weight is 235 g/mol. The summed E-state index contributed by atoms with van der Waals surface area (Å²) >= 11 is 1.59. The Morgan fingerprint density at radius 1 is 1.31 bits per heavy atom.